The number of aryl methyl sites for hydroxylation is 1. The van der Waals surface area contributed by atoms with Gasteiger partial charge in [0.1, 0.15) is 5.82 Å². The van der Waals surface area contributed by atoms with Gasteiger partial charge < -0.3 is 10.0 Å². The van der Waals surface area contributed by atoms with E-state index in [1.165, 1.54) is 11.3 Å². The molecule has 27 heavy (non-hydrogen) atoms. The highest BCUT2D eigenvalue weighted by Gasteiger charge is 2.22. The highest BCUT2D eigenvalue weighted by atomic mass is 16.3. The van der Waals surface area contributed by atoms with Gasteiger partial charge in [0.25, 0.3) is 6.29 Å². The van der Waals surface area contributed by atoms with Crippen LogP contribution in [0.4, 0.5) is 5.69 Å². The summed E-state index contributed by atoms with van der Waals surface area (Å²) in [5.41, 5.74) is 3.20. The van der Waals surface area contributed by atoms with Gasteiger partial charge in [0.15, 0.2) is 11.4 Å². The number of benzene rings is 1. The number of aromatic nitrogens is 2. The van der Waals surface area contributed by atoms with Crippen LogP contribution in [0.2, 0.25) is 0 Å². The maximum absolute atomic E-state index is 10.9. The molecule has 1 radical (unpaired) electrons. The predicted octanol–water partition coefficient (Wildman–Crippen LogP) is 3.71. The van der Waals surface area contributed by atoms with Crippen LogP contribution in [0.3, 0.4) is 0 Å². The number of anilines is 1. The topological polar surface area (TPSA) is 66.3 Å². The van der Waals surface area contributed by atoms with Gasteiger partial charge in [0.2, 0.25) is 0 Å². The number of rotatable bonds is 4. The lowest BCUT2D eigenvalue weighted by molar-refractivity contribution is 0.394. The molecule has 2 aromatic rings. The Morgan fingerprint density at radius 1 is 1.15 bits per heavy atom. The molecule has 0 amide bonds. The molecule has 1 N–H and O–H groups in total. The molecule has 1 saturated heterocycles. The smallest absolute Gasteiger partial charge is 0.257 e. The Bertz CT molecular complexity index is 802. The summed E-state index contributed by atoms with van der Waals surface area (Å²) in [6, 6.07) is 8.90. The Balaban J connectivity index is 1.61. The van der Waals surface area contributed by atoms with E-state index in [4.69, 9.17) is 0 Å². The molecule has 1 aliphatic rings. The van der Waals surface area contributed by atoms with Crippen LogP contribution in [0.15, 0.2) is 24.3 Å². The Kier molecular flexibility index (Phi) is 5.49. The molecule has 0 bridgehead atoms. The summed E-state index contributed by atoms with van der Waals surface area (Å²) in [6.45, 7) is 10.4. The first-order valence-corrected chi connectivity index (χ1v) is 9.58. The van der Waals surface area contributed by atoms with Crippen molar-refractivity contribution in [3.63, 3.8) is 0 Å². The van der Waals surface area contributed by atoms with Crippen molar-refractivity contribution >= 4 is 12.0 Å². The lowest BCUT2D eigenvalue weighted by Gasteiger charge is -2.34. The molecule has 0 spiro atoms. The second-order valence-corrected chi connectivity index (χ2v) is 8.46. The summed E-state index contributed by atoms with van der Waals surface area (Å²) in [6.07, 6.45) is 4.55. The first-order chi connectivity index (χ1) is 12.8. The molecule has 5 heteroatoms. The summed E-state index contributed by atoms with van der Waals surface area (Å²) in [5.74, 6) is 0.942. The van der Waals surface area contributed by atoms with Crippen LogP contribution in [0, 0.1) is 12.8 Å². The fraction of sp³-hybridized carbons (Fsp3) is 0.500. The standard InChI is InChI=1S/C22H28N3O2/c1-15-21(27)19(14-26)24-20(23-15)13-16-9-11-25(12-10-16)18-7-5-17(6-8-18)22(2,3)4/h5-8,16,27H,9-13H2,1-4H3. The third-order valence-corrected chi connectivity index (χ3v) is 5.39. The number of nitrogens with zero attached hydrogens (tertiary/aromatic N) is 3. The lowest BCUT2D eigenvalue weighted by atomic mass is 9.87. The molecule has 5 nitrogen and oxygen atoms in total. The van der Waals surface area contributed by atoms with E-state index in [1.54, 1.807) is 13.2 Å². The molecule has 0 atom stereocenters. The van der Waals surface area contributed by atoms with Crippen molar-refractivity contribution < 1.29 is 9.90 Å². The molecular weight excluding hydrogens is 338 g/mol. The molecule has 0 aliphatic carbocycles. The monoisotopic (exact) mass is 366 g/mol. The number of piperidine rings is 1. The van der Waals surface area contributed by atoms with Gasteiger partial charge in [-0.25, -0.2) is 9.97 Å². The third kappa shape index (κ3) is 4.46. The van der Waals surface area contributed by atoms with E-state index < -0.39 is 0 Å². The minimum atomic E-state index is -0.165. The van der Waals surface area contributed by atoms with Crippen LogP contribution < -0.4 is 4.90 Å². The van der Waals surface area contributed by atoms with Crippen LogP contribution in [-0.2, 0) is 16.6 Å². The number of aromatic hydroxyl groups is 1. The fourth-order valence-corrected chi connectivity index (χ4v) is 3.61. The average molecular weight is 366 g/mol. The summed E-state index contributed by atoms with van der Waals surface area (Å²) < 4.78 is 0. The highest BCUT2D eigenvalue weighted by Crippen LogP contribution is 2.28. The third-order valence-electron chi connectivity index (χ3n) is 5.39. The minimum absolute atomic E-state index is 0.0334. The SMILES string of the molecule is Cc1nc(CC2CCN(c3ccc(C(C)(C)C)cc3)CC2)nc([C]=O)c1O. The molecule has 1 fully saturated rings. The van der Waals surface area contributed by atoms with Crippen LogP contribution in [0.5, 0.6) is 5.75 Å². The van der Waals surface area contributed by atoms with Gasteiger partial charge in [-0.2, -0.15) is 0 Å². The summed E-state index contributed by atoms with van der Waals surface area (Å²) in [4.78, 5) is 21.8. The Morgan fingerprint density at radius 3 is 2.33 bits per heavy atom. The van der Waals surface area contributed by atoms with E-state index in [0.29, 0.717) is 17.4 Å². The van der Waals surface area contributed by atoms with Gasteiger partial charge in [0, 0.05) is 25.2 Å². The van der Waals surface area contributed by atoms with Gasteiger partial charge in [-0.15, -0.1) is 0 Å². The van der Waals surface area contributed by atoms with E-state index in [1.807, 2.05) is 0 Å². The van der Waals surface area contributed by atoms with E-state index in [-0.39, 0.29) is 16.9 Å². The zero-order chi connectivity index (χ0) is 19.6. The van der Waals surface area contributed by atoms with Crippen molar-refractivity contribution in [3.8, 4) is 5.75 Å². The van der Waals surface area contributed by atoms with Crippen molar-refractivity contribution in [2.24, 2.45) is 5.92 Å². The molecule has 0 saturated carbocycles. The first kappa shape index (κ1) is 19.3. The van der Waals surface area contributed by atoms with Gasteiger partial charge >= 0.3 is 0 Å². The first-order valence-electron chi connectivity index (χ1n) is 9.58. The lowest BCUT2D eigenvalue weighted by Crippen LogP contribution is -2.34. The molecule has 1 aromatic carbocycles. The van der Waals surface area contributed by atoms with E-state index in [9.17, 15) is 9.90 Å². The maximum Gasteiger partial charge on any atom is 0.257 e. The largest absolute Gasteiger partial charge is 0.504 e. The van der Waals surface area contributed by atoms with Crippen molar-refractivity contribution in [1.29, 1.82) is 0 Å². The van der Waals surface area contributed by atoms with Crippen molar-refractivity contribution in [1.82, 2.24) is 9.97 Å². The van der Waals surface area contributed by atoms with E-state index in [0.717, 1.165) is 32.4 Å². The van der Waals surface area contributed by atoms with Gasteiger partial charge in [-0.3, -0.25) is 4.79 Å². The minimum Gasteiger partial charge on any atom is -0.504 e. The summed E-state index contributed by atoms with van der Waals surface area (Å²) >= 11 is 0. The van der Waals surface area contributed by atoms with Crippen molar-refractivity contribution in [2.45, 2.75) is 52.4 Å². The number of carbonyl (C=O) groups excluding carboxylic acids is 1. The number of hydrogen-bond acceptors (Lipinski definition) is 5. The second kappa shape index (κ2) is 7.67. The molecule has 1 aliphatic heterocycles. The van der Waals surface area contributed by atoms with Crippen molar-refractivity contribution in [3.05, 3.63) is 47.0 Å². The molecular formula is C22H28N3O2. The Morgan fingerprint density at radius 2 is 1.78 bits per heavy atom. The molecule has 1 aromatic heterocycles. The summed E-state index contributed by atoms with van der Waals surface area (Å²) in [7, 11) is 0. The predicted molar refractivity (Wildman–Crippen MR) is 107 cm³/mol. The van der Waals surface area contributed by atoms with Gasteiger partial charge in [-0.1, -0.05) is 32.9 Å². The van der Waals surface area contributed by atoms with Crippen LogP contribution in [0.1, 0.15) is 56.4 Å². The van der Waals surface area contributed by atoms with Crippen LogP contribution >= 0.6 is 0 Å². The Hall–Kier alpha value is -2.43. The van der Waals surface area contributed by atoms with Crippen LogP contribution in [0.25, 0.3) is 0 Å². The zero-order valence-corrected chi connectivity index (χ0v) is 16.6. The second-order valence-electron chi connectivity index (χ2n) is 8.46. The van der Waals surface area contributed by atoms with Gasteiger partial charge in [0.05, 0.1) is 5.69 Å². The van der Waals surface area contributed by atoms with E-state index >= 15 is 0 Å². The maximum atomic E-state index is 10.9. The zero-order valence-electron chi connectivity index (χ0n) is 16.6. The van der Waals surface area contributed by atoms with Crippen LogP contribution in [-0.4, -0.2) is 34.5 Å². The average Bonchev–Trinajstić information content (AvgIpc) is 2.64. The normalized spacial score (nSPS) is 15.8. The molecule has 2 heterocycles. The Labute approximate surface area is 161 Å². The summed E-state index contributed by atoms with van der Waals surface area (Å²) in [5, 5.41) is 9.76. The van der Waals surface area contributed by atoms with Gasteiger partial charge in [-0.05, 0) is 48.8 Å². The fourth-order valence-electron chi connectivity index (χ4n) is 3.61. The van der Waals surface area contributed by atoms with E-state index in [2.05, 4.69) is 59.9 Å². The molecule has 3 rings (SSSR count). The number of hydrogen-bond donors (Lipinski definition) is 1. The van der Waals surface area contributed by atoms with Crippen molar-refractivity contribution in [2.75, 3.05) is 18.0 Å². The molecule has 143 valence electrons. The quantitative estimate of drug-likeness (QED) is 0.894. The highest BCUT2D eigenvalue weighted by molar-refractivity contribution is 5.76. The molecule has 0 unspecified atom stereocenters.